The molecule has 5 heteroatoms. The van der Waals surface area contributed by atoms with Gasteiger partial charge in [-0.1, -0.05) is 32.9 Å². The number of benzene rings is 1. The SMILES string of the molecule is CCc1cccc(OCC(CC)(CC)CS(=O)(=O)Cl)c1. The van der Waals surface area contributed by atoms with Crippen molar-refractivity contribution >= 4 is 19.7 Å². The van der Waals surface area contributed by atoms with Crippen molar-refractivity contribution in [2.75, 3.05) is 12.4 Å². The van der Waals surface area contributed by atoms with E-state index in [0.29, 0.717) is 19.4 Å². The van der Waals surface area contributed by atoms with Gasteiger partial charge in [0.2, 0.25) is 9.05 Å². The first kappa shape index (κ1) is 17.3. The highest BCUT2D eigenvalue weighted by Crippen LogP contribution is 2.31. The number of halogens is 1. The molecule has 0 fully saturated rings. The largest absolute Gasteiger partial charge is 0.493 e. The summed E-state index contributed by atoms with van der Waals surface area (Å²) >= 11 is 0. The fraction of sp³-hybridized carbons (Fsp3) is 0.600. The second kappa shape index (κ2) is 7.32. The maximum absolute atomic E-state index is 11.4. The fourth-order valence-corrected chi connectivity index (χ4v) is 4.07. The molecule has 1 aromatic rings. The van der Waals surface area contributed by atoms with Gasteiger partial charge in [-0.2, -0.15) is 0 Å². The van der Waals surface area contributed by atoms with Crippen LogP contribution in [0.2, 0.25) is 0 Å². The van der Waals surface area contributed by atoms with Crippen LogP contribution in [0.3, 0.4) is 0 Å². The lowest BCUT2D eigenvalue weighted by Gasteiger charge is -2.30. The van der Waals surface area contributed by atoms with E-state index in [2.05, 4.69) is 6.92 Å². The smallest absolute Gasteiger partial charge is 0.233 e. The Bertz CT molecular complexity index is 522. The number of ether oxygens (including phenoxy) is 1. The molecule has 0 aliphatic rings. The standard InChI is InChI=1S/C15H23ClO3S/c1-4-13-8-7-9-14(10-13)19-11-15(5-2,6-3)12-20(16,17)18/h7-10H,4-6,11-12H2,1-3H3. The topological polar surface area (TPSA) is 43.4 Å². The molecule has 0 atom stereocenters. The molecule has 3 nitrogen and oxygen atoms in total. The molecule has 1 rings (SSSR count). The lowest BCUT2D eigenvalue weighted by molar-refractivity contribution is 0.155. The Morgan fingerprint density at radius 1 is 1.20 bits per heavy atom. The van der Waals surface area contributed by atoms with Crippen LogP contribution in [0.25, 0.3) is 0 Å². The van der Waals surface area contributed by atoms with Gasteiger partial charge in [0.25, 0.3) is 0 Å². The van der Waals surface area contributed by atoms with Gasteiger partial charge in [-0.25, -0.2) is 8.42 Å². The molecule has 114 valence electrons. The molecule has 0 unspecified atom stereocenters. The molecule has 0 saturated carbocycles. The highest BCUT2D eigenvalue weighted by atomic mass is 35.7. The van der Waals surface area contributed by atoms with Crippen LogP contribution in [-0.4, -0.2) is 20.8 Å². The monoisotopic (exact) mass is 318 g/mol. The summed E-state index contributed by atoms with van der Waals surface area (Å²) in [4.78, 5) is 0. The third-order valence-corrected chi connectivity index (χ3v) is 5.11. The molecule has 0 N–H and O–H groups in total. The van der Waals surface area contributed by atoms with Gasteiger partial charge in [-0.15, -0.1) is 0 Å². The Morgan fingerprint density at radius 2 is 1.85 bits per heavy atom. The highest BCUT2D eigenvalue weighted by Gasteiger charge is 2.32. The van der Waals surface area contributed by atoms with Crippen LogP contribution in [0, 0.1) is 5.41 Å². The van der Waals surface area contributed by atoms with Crippen LogP contribution in [0.15, 0.2) is 24.3 Å². The Balaban J connectivity index is 2.81. The second-order valence-electron chi connectivity index (χ2n) is 5.18. The number of aryl methyl sites for hydroxylation is 1. The van der Waals surface area contributed by atoms with E-state index < -0.39 is 14.5 Å². The van der Waals surface area contributed by atoms with E-state index in [1.54, 1.807) is 0 Å². The van der Waals surface area contributed by atoms with E-state index in [-0.39, 0.29) is 5.75 Å². The zero-order valence-corrected chi connectivity index (χ0v) is 13.9. The van der Waals surface area contributed by atoms with E-state index in [4.69, 9.17) is 15.4 Å². The van der Waals surface area contributed by atoms with Crippen molar-refractivity contribution in [2.45, 2.75) is 40.0 Å². The van der Waals surface area contributed by atoms with Crippen molar-refractivity contribution in [1.82, 2.24) is 0 Å². The average molecular weight is 319 g/mol. The maximum atomic E-state index is 11.4. The molecule has 20 heavy (non-hydrogen) atoms. The first-order valence-corrected chi connectivity index (χ1v) is 9.46. The molecule has 0 aliphatic heterocycles. The minimum absolute atomic E-state index is 0.0535. The lowest BCUT2D eigenvalue weighted by Crippen LogP contribution is -2.33. The van der Waals surface area contributed by atoms with Gasteiger partial charge in [0.15, 0.2) is 0 Å². The van der Waals surface area contributed by atoms with E-state index in [1.165, 1.54) is 5.56 Å². The second-order valence-corrected chi connectivity index (χ2v) is 7.96. The molecule has 1 aromatic carbocycles. The predicted octanol–water partition coefficient (Wildman–Crippen LogP) is 4.00. The highest BCUT2D eigenvalue weighted by molar-refractivity contribution is 8.13. The van der Waals surface area contributed by atoms with E-state index in [9.17, 15) is 8.42 Å². The molecular formula is C15H23ClO3S. The molecule has 0 bridgehead atoms. The van der Waals surface area contributed by atoms with Crippen molar-refractivity contribution in [3.63, 3.8) is 0 Å². The molecule has 0 aromatic heterocycles. The predicted molar refractivity (Wildman–Crippen MR) is 84.0 cm³/mol. The van der Waals surface area contributed by atoms with Crippen LogP contribution >= 0.6 is 10.7 Å². The van der Waals surface area contributed by atoms with Gasteiger partial charge in [0.05, 0.1) is 12.4 Å². The summed E-state index contributed by atoms with van der Waals surface area (Å²) in [7, 11) is 1.89. The summed E-state index contributed by atoms with van der Waals surface area (Å²) in [6.07, 6.45) is 2.37. The van der Waals surface area contributed by atoms with Crippen LogP contribution in [0.5, 0.6) is 5.75 Å². The molecular weight excluding hydrogens is 296 g/mol. The summed E-state index contributed by atoms with van der Waals surface area (Å²) < 4.78 is 28.6. The zero-order valence-electron chi connectivity index (χ0n) is 12.4. The third kappa shape index (κ3) is 5.33. The van der Waals surface area contributed by atoms with E-state index in [1.807, 2.05) is 38.1 Å². The number of hydrogen-bond donors (Lipinski definition) is 0. The number of hydrogen-bond acceptors (Lipinski definition) is 3. The summed E-state index contributed by atoms with van der Waals surface area (Å²) in [5.41, 5.74) is 0.772. The number of rotatable bonds is 8. The Morgan fingerprint density at radius 3 is 2.35 bits per heavy atom. The minimum atomic E-state index is -3.53. The van der Waals surface area contributed by atoms with Crippen molar-refractivity contribution < 1.29 is 13.2 Å². The first-order chi connectivity index (χ1) is 9.34. The van der Waals surface area contributed by atoms with Crippen molar-refractivity contribution in [3.8, 4) is 5.75 Å². The molecule has 0 spiro atoms. The molecule has 0 saturated heterocycles. The third-order valence-electron chi connectivity index (χ3n) is 3.83. The quantitative estimate of drug-likeness (QED) is 0.680. The van der Waals surface area contributed by atoms with Gasteiger partial charge in [-0.05, 0) is 37.0 Å². The minimum Gasteiger partial charge on any atom is -0.493 e. The summed E-state index contributed by atoms with van der Waals surface area (Å²) in [6.45, 7) is 6.38. The molecule has 0 heterocycles. The summed E-state index contributed by atoms with van der Waals surface area (Å²) in [6, 6.07) is 7.88. The maximum Gasteiger partial charge on any atom is 0.233 e. The van der Waals surface area contributed by atoms with Crippen LogP contribution < -0.4 is 4.74 Å². The Kier molecular flexibility index (Phi) is 6.34. The first-order valence-electron chi connectivity index (χ1n) is 6.98. The summed E-state index contributed by atoms with van der Waals surface area (Å²) in [5.74, 6) is 0.727. The normalized spacial score (nSPS) is 12.4. The van der Waals surface area contributed by atoms with Crippen LogP contribution in [-0.2, 0) is 15.5 Å². The molecule has 0 aliphatic carbocycles. The van der Waals surface area contributed by atoms with Crippen LogP contribution in [0.4, 0.5) is 0 Å². The van der Waals surface area contributed by atoms with Crippen LogP contribution in [0.1, 0.15) is 39.2 Å². The van der Waals surface area contributed by atoms with Gasteiger partial charge >= 0.3 is 0 Å². The van der Waals surface area contributed by atoms with E-state index >= 15 is 0 Å². The van der Waals surface area contributed by atoms with Crippen molar-refractivity contribution in [1.29, 1.82) is 0 Å². The molecule has 0 amide bonds. The Hall–Kier alpha value is -0.740. The van der Waals surface area contributed by atoms with Gasteiger partial charge in [-0.3, -0.25) is 0 Å². The van der Waals surface area contributed by atoms with Crippen molar-refractivity contribution in [3.05, 3.63) is 29.8 Å². The van der Waals surface area contributed by atoms with Crippen molar-refractivity contribution in [2.24, 2.45) is 5.41 Å². The average Bonchev–Trinajstić information content (AvgIpc) is 2.42. The van der Waals surface area contributed by atoms with Gasteiger partial charge in [0.1, 0.15) is 5.75 Å². The molecule has 0 radical (unpaired) electrons. The lowest BCUT2D eigenvalue weighted by atomic mass is 9.85. The zero-order chi connectivity index (χ0) is 15.2. The van der Waals surface area contributed by atoms with Gasteiger partial charge in [0, 0.05) is 16.1 Å². The summed E-state index contributed by atoms with van der Waals surface area (Å²) in [5, 5.41) is 0. The van der Waals surface area contributed by atoms with E-state index in [0.717, 1.165) is 12.2 Å². The van der Waals surface area contributed by atoms with Gasteiger partial charge < -0.3 is 4.74 Å². The Labute approximate surface area is 126 Å². The fourth-order valence-electron chi connectivity index (χ4n) is 2.16.